The zero-order valence-electron chi connectivity index (χ0n) is 18.1. The van der Waals surface area contributed by atoms with Crippen molar-refractivity contribution in [1.82, 2.24) is 4.98 Å². The van der Waals surface area contributed by atoms with E-state index < -0.39 is 0 Å². The molecule has 3 heteroatoms. The highest BCUT2D eigenvalue weighted by Crippen LogP contribution is 2.42. The molecule has 0 amide bonds. The van der Waals surface area contributed by atoms with Gasteiger partial charge in [-0.05, 0) is 46.9 Å². The van der Waals surface area contributed by atoms with E-state index in [4.69, 9.17) is 0 Å². The first kappa shape index (κ1) is 21.0. The van der Waals surface area contributed by atoms with Crippen LogP contribution in [-0.4, -0.2) is 16.4 Å². The Morgan fingerprint density at radius 1 is 1.07 bits per heavy atom. The Bertz CT molecular complexity index is 963. The number of aldehydes is 1. The van der Waals surface area contributed by atoms with E-state index in [2.05, 4.69) is 63.9 Å². The third-order valence-corrected chi connectivity index (χ3v) is 5.85. The highest BCUT2D eigenvalue weighted by molar-refractivity contribution is 5.54. The molecule has 0 unspecified atom stereocenters. The summed E-state index contributed by atoms with van der Waals surface area (Å²) in [5, 5.41) is 9.85. The van der Waals surface area contributed by atoms with Crippen LogP contribution in [-0.2, 0) is 22.0 Å². The van der Waals surface area contributed by atoms with E-state index in [1.54, 1.807) is 12.3 Å². The lowest BCUT2D eigenvalue weighted by Crippen LogP contribution is -2.29. The van der Waals surface area contributed by atoms with Gasteiger partial charge < -0.3 is 9.90 Å². The third-order valence-electron chi connectivity index (χ3n) is 5.85. The maximum Gasteiger partial charge on any atom is 0.120 e. The Morgan fingerprint density at radius 3 is 2.31 bits per heavy atom. The second-order valence-electron chi connectivity index (χ2n) is 9.20. The quantitative estimate of drug-likeness (QED) is 0.375. The van der Waals surface area contributed by atoms with E-state index in [0.29, 0.717) is 12.8 Å². The fourth-order valence-corrected chi connectivity index (χ4v) is 3.90. The van der Waals surface area contributed by atoms with Crippen molar-refractivity contribution in [2.24, 2.45) is 0 Å². The zero-order chi connectivity index (χ0) is 21.2. The number of aryl methyl sites for hydroxylation is 1. The number of pyridine rings is 1. The average Bonchev–Trinajstić information content (AvgIpc) is 2.66. The second-order valence-corrected chi connectivity index (χ2v) is 9.20. The predicted molar refractivity (Wildman–Crippen MR) is 119 cm³/mol. The van der Waals surface area contributed by atoms with Crippen molar-refractivity contribution in [3.8, 4) is 0 Å². The number of nitrogens with zero attached hydrogens (tertiary/aromatic N) is 1. The van der Waals surface area contributed by atoms with Crippen molar-refractivity contribution in [3.05, 3.63) is 81.9 Å². The summed E-state index contributed by atoms with van der Waals surface area (Å²) >= 11 is 0. The lowest BCUT2D eigenvalue weighted by atomic mass is 9.67. The van der Waals surface area contributed by atoms with Gasteiger partial charge in [0.25, 0.3) is 0 Å². The Labute approximate surface area is 174 Å². The van der Waals surface area contributed by atoms with Gasteiger partial charge in [-0.15, -0.1) is 0 Å². The maximum absolute atomic E-state index is 10.4. The molecule has 0 saturated heterocycles. The van der Waals surface area contributed by atoms with E-state index in [-0.39, 0.29) is 16.6 Å². The van der Waals surface area contributed by atoms with Crippen LogP contribution in [0, 0.1) is 6.92 Å². The van der Waals surface area contributed by atoms with Gasteiger partial charge in [-0.2, -0.15) is 0 Å². The number of hydrogen-bond donors (Lipinski definition) is 1. The standard InChI is InChI=1S/C26H31NO2/c1-18-13-23-24(26(4,5)11-10-25(23,2)3)16-20(18)15-21-9-8-19(17-27-21)14-22(29)7-6-12-28/h8-14,16-17,29H,6-7,15H2,1-5H3/b22-14-. The molecule has 0 saturated carbocycles. The predicted octanol–water partition coefficient (Wildman–Crippen LogP) is 5.98. The molecule has 0 aliphatic heterocycles. The van der Waals surface area contributed by atoms with Crippen LogP contribution < -0.4 is 0 Å². The summed E-state index contributed by atoms with van der Waals surface area (Å²) in [5.74, 6) is 0.204. The molecule has 29 heavy (non-hydrogen) atoms. The average molecular weight is 390 g/mol. The van der Waals surface area contributed by atoms with E-state index in [9.17, 15) is 9.90 Å². The van der Waals surface area contributed by atoms with Gasteiger partial charge in [0.15, 0.2) is 0 Å². The molecular weight excluding hydrogens is 358 g/mol. The van der Waals surface area contributed by atoms with Crippen molar-refractivity contribution >= 4 is 12.4 Å². The molecule has 1 aliphatic rings. The summed E-state index contributed by atoms with van der Waals surface area (Å²) in [6, 6.07) is 8.67. The second kappa shape index (κ2) is 7.98. The fourth-order valence-electron chi connectivity index (χ4n) is 3.90. The van der Waals surface area contributed by atoms with Gasteiger partial charge in [0.2, 0.25) is 0 Å². The molecule has 152 valence electrons. The van der Waals surface area contributed by atoms with E-state index in [1.807, 2.05) is 12.1 Å². The van der Waals surface area contributed by atoms with Crippen LogP contribution in [0.25, 0.3) is 6.08 Å². The molecule has 1 aromatic heterocycles. The topological polar surface area (TPSA) is 50.2 Å². The summed E-state index contributed by atoms with van der Waals surface area (Å²) in [7, 11) is 0. The number of aliphatic hydroxyl groups is 1. The number of carbonyl (C=O) groups excluding carboxylic acids is 1. The van der Waals surface area contributed by atoms with Crippen LogP contribution in [0.2, 0.25) is 0 Å². The lowest BCUT2D eigenvalue weighted by Gasteiger charge is -2.37. The third kappa shape index (κ3) is 4.67. The van der Waals surface area contributed by atoms with Gasteiger partial charge in [0.05, 0.1) is 5.76 Å². The Balaban J connectivity index is 1.85. The molecule has 1 N–H and O–H groups in total. The number of aliphatic hydroxyl groups excluding tert-OH is 1. The maximum atomic E-state index is 10.4. The fraction of sp³-hybridized carbons (Fsp3) is 0.385. The van der Waals surface area contributed by atoms with E-state index in [0.717, 1.165) is 24.0 Å². The smallest absolute Gasteiger partial charge is 0.120 e. The van der Waals surface area contributed by atoms with Crippen LogP contribution in [0.3, 0.4) is 0 Å². The number of fused-ring (bicyclic) bond motifs is 1. The van der Waals surface area contributed by atoms with Crippen molar-refractivity contribution < 1.29 is 9.90 Å². The van der Waals surface area contributed by atoms with Crippen molar-refractivity contribution in [2.45, 2.75) is 64.7 Å². The molecule has 0 radical (unpaired) electrons. The summed E-state index contributed by atoms with van der Waals surface area (Å²) in [6.07, 6.45) is 10.4. The van der Waals surface area contributed by atoms with Gasteiger partial charge in [-0.3, -0.25) is 4.98 Å². The van der Waals surface area contributed by atoms with Crippen molar-refractivity contribution in [2.75, 3.05) is 0 Å². The summed E-state index contributed by atoms with van der Waals surface area (Å²) in [5.41, 5.74) is 7.30. The number of rotatable bonds is 6. The minimum atomic E-state index is 0.0223. The van der Waals surface area contributed by atoms with Crippen molar-refractivity contribution in [3.63, 3.8) is 0 Å². The molecule has 0 fully saturated rings. The number of benzene rings is 1. The zero-order valence-corrected chi connectivity index (χ0v) is 18.1. The highest BCUT2D eigenvalue weighted by Gasteiger charge is 2.33. The molecule has 1 aromatic carbocycles. The molecular formula is C26H31NO2. The monoisotopic (exact) mass is 389 g/mol. The number of hydrogen-bond acceptors (Lipinski definition) is 3. The Morgan fingerprint density at radius 2 is 1.72 bits per heavy atom. The van der Waals surface area contributed by atoms with E-state index in [1.165, 1.54) is 22.3 Å². The van der Waals surface area contributed by atoms with Crippen LogP contribution in [0.5, 0.6) is 0 Å². The summed E-state index contributed by atoms with van der Waals surface area (Å²) in [6.45, 7) is 11.3. The normalized spacial score (nSPS) is 17.1. The molecule has 1 aliphatic carbocycles. The summed E-state index contributed by atoms with van der Waals surface area (Å²) in [4.78, 5) is 15.0. The van der Waals surface area contributed by atoms with Gasteiger partial charge >= 0.3 is 0 Å². The van der Waals surface area contributed by atoms with Gasteiger partial charge in [-0.1, -0.05) is 58.0 Å². The largest absolute Gasteiger partial charge is 0.512 e. The molecule has 1 heterocycles. The van der Waals surface area contributed by atoms with Crippen LogP contribution >= 0.6 is 0 Å². The molecule has 0 spiro atoms. The first-order chi connectivity index (χ1) is 13.6. The van der Waals surface area contributed by atoms with Gasteiger partial charge in [-0.25, -0.2) is 0 Å². The first-order valence-electron chi connectivity index (χ1n) is 10.3. The van der Waals surface area contributed by atoms with E-state index >= 15 is 0 Å². The van der Waals surface area contributed by atoms with Crippen LogP contribution in [0.15, 0.2) is 48.4 Å². The number of carbonyl (C=O) groups is 1. The minimum Gasteiger partial charge on any atom is -0.512 e. The Kier molecular flexibility index (Phi) is 5.79. The van der Waals surface area contributed by atoms with Crippen molar-refractivity contribution in [1.29, 1.82) is 0 Å². The van der Waals surface area contributed by atoms with Gasteiger partial charge in [0, 0.05) is 42.0 Å². The molecule has 0 bridgehead atoms. The molecule has 3 rings (SSSR count). The van der Waals surface area contributed by atoms with Gasteiger partial charge in [0.1, 0.15) is 6.29 Å². The number of aromatic nitrogens is 1. The molecule has 2 aromatic rings. The van der Waals surface area contributed by atoms with Crippen LogP contribution in [0.4, 0.5) is 0 Å². The van der Waals surface area contributed by atoms with Crippen LogP contribution in [0.1, 0.15) is 74.0 Å². The molecule has 0 atom stereocenters. The lowest BCUT2D eigenvalue weighted by molar-refractivity contribution is -0.107. The highest BCUT2D eigenvalue weighted by atomic mass is 16.3. The Hall–Kier alpha value is -2.68. The number of allylic oxidation sites excluding steroid dienone is 3. The summed E-state index contributed by atoms with van der Waals surface area (Å²) < 4.78 is 0. The minimum absolute atomic E-state index is 0.0223. The first-order valence-corrected chi connectivity index (χ1v) is 10.3. The molecule has 3 nitrogen and oxygen atoms in total. The SMILES string of the molecule is Cc1cc2c(cc1Cc1ccc(/C=C(\O)CCC=O)cn1)C(C)(C)C=CC2(C)C.